The molecule has 1 atom stereocenters. The highest BCUT2D eigenvalue weighted by atomic mass is 35.5. The molecule has 90 valence electrons. The van der Waals surface area contributed by atoms with Crippen LogP contribution in [-0.2, 0) is 9.59 Å². The van der Waals surface area contributed by atoms with Gasteiger partial charge in [-0.1, -0.05) is 23.2 Å². The Morgan fingerprint density at radius 3 is 2.82 bits per heavy atom. The number of rotatable bonds is 2. The highest BCUT2D eigenvalue weighted by molar-refractivity contribution is 6.35. The summed E-state index contributed by atoms with van der Waals surface area (Å²) >= 11 is 11.7. The maximum atomic E-state index is 11.8. The van der Waals surface area contributed by atoms with Gasteiger partial charge in [-0.25, -0.2) is 0 Å². The van der Waals surface area contributed by atoms with E-state index in [1.165, 1.54) is 0 Å². The van der Waals surface area contributed by atoms with Gasteiger partial charge in [0.25, 0.3) is 0 Å². The highest BCUT2D eigenvalue weighted by Crippen LogP contribution is 2.26. The molecule has 0 spiro atoms. The Hall–Kier alpha value is -1.26. The van der Waals surface area contributed by atoms with Gasteiger partial charge in [0.15, 0.2) is 0 Å². The van der Waals surface area contributed by atoms with Crippen molar-refractivity contribution in [2.75, 3.05) is 11.9 Å². The van der Waals surface area contributed by atoms with Crippen LogP contribution in [-0.4, -0.2) is 18.4 Å². The van der Waals surface area contributed by atoms with Crippen LogP contribution in [0.1, 0.15) is 6.42 Å². The zero-order valence-electron chi connectivity index (χ0n) is 8.80. The Morgan fingerprint density at radius 1 is 1.41 bits per heavy atom. The monoisotopic (exact) mass is 272 g/mol. The predicted octanol–water partition coefficient (Wildman–Crippen LogP) is 2.07. The number of halogens is 2. The van der Waals surface area contributed by atoms with Crippen LogP contribution in [0.25, 0.3) is 0 Å². The van der Waals surface area contributed by atoms with Crippen LogP contribution in [0.5, 0.6) is 0 Å². The van der Waals surface area contributed by atoms with Gasteiger partial charge < -0.3 is 10.6 Å². The molecule has 4 nitrogen and oxygen atoms in total. The highest BCUT2D eigenvalue weighted by Gasteiger charge is 2.28. The van der Waals surface area contributed by atoms with Gasteiger partial charge >= 0.3 is 0 Å². The lowest BCUT2D eigenvalue weighted by molar-refractivity contribution is -0.123. The molecule has 1 unspecified atom stereocenters. The molecule has 17 heavy (non-hydrogen) atoms. The molecule has 0 bridgehead atoms. The zero-order valence-corrected chi connectivity index (χ0v) is 10.3. The minimum Gasteiger partial charge on any atom is -0.355 e. The van der Waals surface area contributed by atoms with E-state index >= 15 is 0 Å². The number of hydrogen-bond acceptors (Lipinski definition) is 2. The average molecular weight is 273 g/mol. The van der Waals surface area contributed by atoms with Crippen molar-refractivity contribution in [3.63, 3.8) is 0 Å². The summed E-state index contributed by atoms with van der Waals surface area (Å²) < 4.78 is 0. The molecule has 1 heterocycles. The third-order valence-electron chi connectivity index (χ3n) is 2.53. The first kappa shape index (κ1) is 12.2. The standard InChI is InChI=1S/C11H10Cl2N2O2/c12-7-1-2-8(13)9(4-7)15-11(17)6-3-10(16)14-5-6/h1-2,4,6H,3,5H2,(H,14,16)(H,15,17). The topological polar surface area (TPSA) is 58.2 Å². The van der Waals surface area contributed by atoms with Crippen molar-refractivity contribution in [1.82, 2.24) is 5.32 Å². The first-order chi connectivity index (χ1) is 8.06. The van der Waals surface area contributed by atoms with Crippen LogP contribution >= 0.6 is 23.2 Å². The lowest BCUT2D eigenvalue weighted by atomic mass is 10.1. The molecule has 1 aliphatic heterocycles. The minimum atomic E-state index is -0.349. The van der Waals surface area contributed by atoms with Gasteiger partial charge in [0.1, 0.15) is 0 Å². The number of carbonyl (C=O) groups is 2. The molecule has 6 heteroatoms. The van der Waals surface area contributed by atoms with Crippen molar-refractivity contribution in [2.24, 2.45) is 5.92 Å². The molecule has 1 aliphatic rings. The molecule has 2 N–H and O–H groups in total. The summed E-state index contributed by atoms with van der Waals surface area (Å²) in [4.78, 5) is 22.8. The largest absolute Gasteiger partial charge is 0.355 e. The Morgan fingerprint density at radius 2 is 2.18 bits per heavy atom. The Balaban J connectivity index is 2.07. The molecule has 0 aromatic heterocycles. The maximum absolute atomic E-state index is 11.8. The summed E-state index contributed by atoms with van der Waals surface area (Å²) in [5.74, 6) is -0.688. The molecule has 1 aromatic rings. The van der Waals surface area contributed by atoms with E-state index in [9.17, 15) is 9.59 Å². The van der Waals surface area contributed by atoms with E-state index in [0.717, 1.165) is 0 Å². The van der Waals surface area contributed by atoms with Crippen LogP contribution in [0, 0.1) is 5.92 Å². The number of carbonyl (C=O) groups excluding carboxylic acids is 2. The summed E-state index contributed by atoms with van der Waals surface area (Å²) in [7, 11) is 0. The fraction of sp³-hybridized carbons (Fsp3) is 0.273. The molecule has 1 saturated heterocycles. The van der Waals surface area contributed by atoms with E-state index < -0.39 is 0 Å². The Labute approximate surface area is 108 Å². The van der Waals surface area contributed by atoms with Gasteiger partial charge in [-0.15, -0.1) is 0 Å². The van der Waals surface area contributed by atoms with Crippen molar-refractivity contribution < 1.29 is 9.59 Å². The van der Waals surface area contributed by atoms with Gasteiger partial charge in [0.2, 0.25) is 11.8 Å². The molecule has 2 rings (SSSR count). The average Bonchev–Trinajstić information content (AvgIpc) is 2.70. The lowest BCUT2D eigenvalue weighted by Crippen LogP contribution is -2.24. The van der Waals surface area contributed by atoms with Crippen LogP contribution in [0.3, 0.4) is 0 Å². The van der Waals surface area contributed by atoms with E-state index in [2.05, 4.69) is 10.6 Å². The van der Waals surface area contributed by atoms with Crippen LogP contribution in [0.4, 0.5) is 5.69 Å². The Kier molecular flexibility index (Phi) is 3.54. The molecule has 2 amide bonds. The van der Waals surface area contributed by atoms with Gasteiger partial charge in [0, 0.05) is 18.0 Å². The van der Waals surface area contributed by atoms with Crippen LogP contribution in [0.2, 0.25) is 10.0 Å². The van der Waals surface area contributed by atoms with Crippen molar-refractivity contribution >= 4 is 40.7 Å². The molecule has 1 aromatic carbocycles. The van der Waals surface area contributed by atoms with Crippen LogP contribution < -0.4 is 10.6 Å². The van der Waals surface area contributed by atoms with Crippen molar-refractivity contribution in [3.8, 4) is 0 Å². The van der Waals surface area contributed by atoms with Crippen LogP contribution in [0.15, 0.2) is 18.2 Å². The van der Waals surface area contributed by atoms with Gasteiger partial charge in [-0.3, -0.25) is 9.59 Å². The molecule has 0 aliphatic carbocycles. The quantitative estimate of drug-likeness (QED) is 0.866. The fourth-order valence-corrected chi connectivity index (χ4v) is 1.96. The second-order valence-electron chi connectivity index (χ2n) is 3.82. The first-order valence-corrected chi connectivity index (χ1v) is 5.84. The van der Waals surface area contributed by atoms with E-state index in [1.807, 2.05) is 0 Å². The summed E-state index contributed by atoms with van der Waals surface area (Å²) in [5, 5.41) is 6.18. The lowest BCUT2D eigenvalue weighted by Gasteiger charge is -2.10. The summed E-state index contributed by atoms with van der Waals surface area (Å²) in [6.07, 6.45) is 0.212. The SMILES string of the molecule is O=C1CC(C(=O)Nc2cc(Cl)ccc2Cl)CN1. The molecule has 1 fully saturated rings. The van der Waals surface area contributed by atoms with Crippen molar-refractivity contribution in [1.29, 1.82) is 0 Å². The smallest absolute Gasteiger partial charge is 0.229 e. The number of hydrogen-bond donors (Lipinski definition) is 2. The van der Waals surface area contributed by atoms with E-state index in [-0.39, 0.29) is 24.2 Å². The Bertz CT molecular complexity index is 477. The maximum Gasteiger partial charge on any atom is 0.229 e. The third kappa shape index (κ3) is 2.90. The number of nitrogens with one attached hydrogen (secondary N) is 2. The van der Waals surface area contributed by atoms with Crippen molar-refractivity contribution in [2.45, 2.75) is 6.42 Å². The first-order valence-electron chi connectivity index (χ1n) is 5.09. The second-order valence-corrected chi connectivity index (χ2v) is 4.66. The number of anilines is 1. The summed E-state index contributed by atoms with van der Waals surface area (Å²) in [6.45, 7) is 0.364. The molecule has 0 radical (unpaired) electrons. The van der Waals surface area contributed by atoms with Gasteiger partial charge in [-0.05, 0) is 18.2 Å². The van der Waals surface area contributed by atoms with E-state index in [0.29, 0.717) is 22.3 Å². The number of benzene rings is 1. The van der Waals surface area contributed by atoms with E-state index in [1.54, 1.807) is 18.2 Å². The van der Waals surface area contributed by atoms with E-state index in [4.69, 9.17) is 23.2 Å². The van der Waals surface area contributed by atoms with Gasteiger partial charge in [0.05, 0.1) is 16.6 Å². The number of amides is 2. The minimum absolute atomic E-state index is 0.109. The fourth-order valence-electron chi connectivity index (χ4n) is 1.62. The second kappa shape index (κ2) is 4.94. The zero-order chi connectivity index (χ0) is 12.4. The summed E-state index contributed by atoms with van der Waals surface area (Å²) in [6, 6.07) is 4.82. The predicted molar refractivity (Wildman–Crippen MR) is 66.2 cm³/mol. The van der Waals surface area contributed by atoms with Crippen molar-refractivity contribution in [3.05, 3.63) is 28.2 Å². The summed E-state index contributed by atoms with van der Waals surface area (Å²) in [5.41, 5.74) is 0.462. The normalized spacial score (nSPS) is 18.9. The molecule has 0 saturated carbocycles. The molecular weight excluding hydrogens is 263 g/mol. The molecular formula is C11H10Cl2N2O2. The third-order valence-corrected chi connectivity index (χ3v) is 3.10. The van der Waals surface area contributed by atoms with Gasteiger partial charge in [-0.2, -0.15) is 0 Å².